The summed E-state index contributed by atoms with van der Waals surface area (Å²) in [6, 6.07) is 12.2. The third-order valence-corrected chi connectivity index (χ3v) is 5.59. The number of benzene rings is 1. The molecule has 0 saturated heterocycles. The second kappa shape index (κ2) is 7.59. The summed E-state index contributed by atoms with van der Waals surface area (Å²) < 4.78 is 11.5. The first-order valence-electron chi connectivity index (χ1n) is 9.42. The topological polar surface area (TPSA) is 39.4 Å². The van der Waals surface area contributed by atoms with Crippen molar-refractivity contribution in [2.45, 2.75) is 40.7 Å². The quantitative estimate of drug-likeness (QED) is 0.472. The Morgan fingerprint density at radius 2 is 2.00 bits per heavy atom. The maximum Gasteiger partial charge on any atom is 0.310 e. The molecule has 3 heteroatoms. The minimum absolute atomic E-state index is 0.0642. The molecular formula is C24H28O3. The van der Waals surface area contributed by atoms with Crippen LogP contribution < -0.4 is 0 Å². The predicted molar refractivity (Wildman–Crippen MR) is 107 cm³/mol. The van der Waals surface area contributed by atoms with Gasteiger partial charge in [-0.3, -0.25) is 4.79 Å². The van der Waals surface area contributed by atoms with E-state index < -0.39 is 0 Å². The Balaban J connectivity index is 1.60. The maximum absolute atomic E-state index is 12.6. The first kappa shape index (κ1) is 19.2. The van der Waals surface area contributed by atoms with Gasteiger partial charge < -0.3 is 9.15 Å². The highest BCUT2D eigenvalue weighted by Crippen LogP contribution is 2.59. The van der Waals surface area contributed by atoms with Crippen LogP contribution in [0.1, 0.15) is 43.4 Å². The van der Waals surface area contributed by atoms with Crippen molar-refractivity contribution in [1.29, 1.82) is 0 Å². The van der Waals surface area contributed by atoms with E-state index in [1.807, 2.05) is 44.2 Å². The Labute approximate surface area is 161 Å². The van der Waals surface area contributed by atoms with Crippen molar-refractivity contribution in [1.82, 2.24) is 0 Å². The molecule has 0 N–H and O–H groups in total. The summed E-state index contributed by atoms with van der Waals surface area (Å²) in [5.74, 6) is 1.68. The molecule has 0 aliphatic heterocycles. The lowest BCUT2D eigenvalue weighted by molar-refractivity contribution is -0.147. The van der Waals surface area contributed by atoms with Gasteiger partial charge in [-0.05, 0) is 36.8 Å². The fourth-order valence-electron chi connectivity index (χ4n) is 3.64. The van der Waals surface area contributed by atoms with E-state index in [-0.39, 0.29) is 29.8 Å². The van der Waals surface area contributed by atoms with Gasteiger partial charge in [0.05, 0.1) is 5.92 Å². The van der Waals surface area contributed by atoms with E-state index >= 15 is 0 Å². The number of carbonyl (C=O) groups excluding carboxylic acids is 1. The van der Waals surface area contributed by atoms with E-state index in [0.717, 1.165) is 29.1 Å². The molecule has 1 aromatic carbocycles. The highest BCUT2D eigenvalue weighted by molar-refractivity contribution is 5.78. The van der Waals surface area contributed by atoms with Gasteiger partial charge in [-0.2, -0.15) is 0 Å². The molecule has 3 nitrogen and oxygen atoms in total. The summed E-state index contributed by atoms with van der Waals surface area (Å²) in [6.07, 6.45) is 4.68. The molecule has 0 bridgehead atoms. The van der Waals surface area contributed by atoms with Gasteiger partial charge in [0.15, 0.2) is 0 Å². The third-order valence-electron chi connectivity index (χ3n) is 5.59. The lowest BCUT2D eigenvalue weighted by Crippen LogP contribution is -2.10. The third kappa shape index (κ3) is 4.24. The zero-order valence-electron chi connectivity index (χ0n) is 16.6. The number of aryl methyl sites for hydroxylation is 1. The van der Waals surface area contributed by atoms with Crippen molar-refractivity contribution < 1.29 is 13.9 Å². The monoisotopic (exact) mass is 364 g/mol. The van der Waals surface area contributed by atoms with E-state index in [0.29, 0.717) is 0 Å². The van der Waals surface area contributed by atoms with Gasteiger partial charge in [0.1, 0.15) is 18.1 Å². The summed E-state index contributed by atoms with van der Waals surface area (Å²) in [6.45, 7) is 12.2. The molecule has 27 heavy (non-hydrogen) atoms. The fourth-order valence-corrected chi connectivity index (χ4v) is 3.64. The van der Waals surface area contributed by atoms with Crippen molar-refractivity contribution in [3.63, 3.8) is 0 Å². The zero-order chi connectivity index (χ0) is 19.6. The van der Waals surface area contributed by atoms with Crippen LogP contribution in [-0.2, 0) is 22.6 Å². The Kier molecular flexibility index (Phi) is 5.41. The Bertz CT molecular complexity index is 855. The first-order valence-corrected chi connectivity index (χ1v) is 9.42. The average Bonchev–Trinajstić information content (AvgIpc) is 2.99. The van der Waals surface area contributed by atoms with Crippen LogP contribution in [0.4, 0.5) is 0 Å². The average molecular weight is 364 g/mol. The number of furan rings is 1. The van der Waals surface area contributed by atoms with Crippen LogP contribution in [0, 0.1) is 24.2 Å². The second-order valence-electron chi connectivity index (χ2n) is 8.00. The first-order chi connectivity index (χ1) is 12.8. The highest BCUT2D eigenvalue weighted by atomic mass is 16.5. The molecule has 142 valence electrons. The number of ether oxygens (including phenoxy) is 1. The van der Waals surface area contributed by atoms with Gasteiger partial charge in [0, 0.05) is 12.0 Å². The van der Waals surface area contributed by atoms with Crippen LogP contribution in [0.5, 0.6) is 0 Å². The smallest absolute Gasteiger partial charge is 0.310 e. The number of esters is 1. The van der Waals surface area contributed by atoms with E-state index in [1.54, 1.807) is 0 Å². The lowest BCUT2D eigenvalue weighted by atomic mass is 10.1. The van der Waals surface area contributed by atoms with E-state index in [4.69, 9.17) is 9.15 Å². The Morgan fingerprint density at radius 1 is 1.30 bits per heavy atom. The molecule has 1 aliphatic rings. The molecule has 1 aromatic heterocycles. The molecule has 2 atom stereocenters. The van der Waals surface area contributed by atoms with Crippen LogP contribution in [0.25, 0.3) is 0 Å². The van der Waals surface area contributed by atoms with E-state index in [2.05, 4.69) is 38.6 Å². The standard InChI is InChI=1S/C24H28O3/c1-6-16(2)12-21-22(24(21,4)5)23(25)26-15-19-14-20(27-17(19)3)13-18-10-8-7-9-11-18/h6-12,14,21-22H,1,13,15H2,2-5H3. The maximum atomic E-state index is 12.6. The largest absolute Gasteiger partial charge is 0.466 e. The predicted octanol–water partition coefficient (Wildman–Crippen LogP) is 5.63. The Morgan fingerprint density at radius 3 is 2.67 bits per heavy atom. The summed E-state index contributed by atoms with van der Waals surface area (Å²) >= 11 is 0. The summed E-state index contributed by atoms with van der Waals surface area (Å²) in [5, 5.41) is 0. The summed E-state index contributed by atoms with van der Waals surface area (Å²) in [7, 11) is 0. The van der Waals surface area contributed by atoms with Crippen LogP contribution in [0.3, 0.4) is 0 Å². The molecule has 0 spiro atoms. The van der Waals surface area contributed by atoms with Crippen molar-refractivity contribution >= 4 is 5.97 Å². The van der Waals surface area contributed by atoms with Gasteiger partial charge in [-0.1, -0.05) is 68.5 Å². The van der Waals surface area contributed by atoms with E-state index in [9.17, 15) is 4.79 Å². The van der Waals surface area contributed by atoms with Crippen LogP contribution in [0.15, 0.2) is 65.1 Å². The number of hydrogen-bond donors (Lipinski definition) is 0. The normalized spacial score (nSPS) is 21.0. The number of hydrogen-bond acceptors (Lipinski definition) is 3. The molecule has 1 saturated carbocycles. The minimum atomic E-state index is -0.136. The van der Waals surface area contributed by atoms with Gasteiger partial charge in [-0.25, -0.2) is 0 Å². The second-order valence-corrected chi connectivity index (χ2v) is 8.00. The summed E-state index contributed by atoms with van der Waals surface area (Å²) in [4.78, 5) is 12.6. The molecule has 1 heterocycles. The van der Waals surface area contributed by atoms with Crippen LogP contribution in [-0.4, -0.2) is 5.97 Å². The minimum Gasteiger partial charge on any atom is -0.466 e. The van der Waals surface area contributed by atoms with Crippen LogP contribution >= 0.6 is 0 Å². The van der Waals surface area contributed by atoms with Crippen molar-refractivity contribution in [2.24, 2.45) is 17.3 Å². The lowest BCUT2D eigenvalue weighted by Gasteiger charge is -2.04. The van der Waals surface area contributed by atoms with Crippen molar-refractivity contribution in [3.8, 4) is 0 Å². The molecule has 1 aliphatic carbocycles. The molecule has 3 rings (SSSR count). The molecule has 0 radical (unpaired) electrons. The number of carbonyl (C=O) groups is 1. The van der Waals surface area contributed by atoms with Gasteiger partial charge >= 0.3 is 5.97 Å². The molecule has 2 unspecified atom stereocenters. The molecule has 0 amide bonds. The summed E-state index contributed by atoms with van der Waals surface area (Å²) in [5.41, 5.74) is 3.16. The van der Waals surface area contributed by atoms with Crippen LogP contribution in [0.2, 0.25) is 0 Å². The van der Waals surface area contributed by atoms with Gasteiger partial charge in [0.2, 0.25) is 0 Å². The van der Waals surface area contributed by atoms with Gasteiger partial charge in [-0.15, -0.1) is 0 Å². The highest BCUT2D eigenvalue weighted by Gasteiger charge is 2.61. The molecule has 2 aromatic rings. The fraction of sp³-hybridized carbons (Fsp3) is 0.375. The number of allylic oxidation sites excluding steroid dienone is 3. The van der Waals surface area contributed by atoms with Crippen molar-refractivity contribution in [2.75, 3.05) is 0 Å². The Hall–Kier alpha value is -2.55. The zero-order valence-corrected chi connectivity index (χ0v) is 16.6. The SMILES string of the molecule is C=CC(C)=CC1C(C(=O)OCc2cc(Cc3ccccc3)oc2C)C1(C)C. The number of rotatable bonds is 7. The van der Waals surface area contributed by atoms with E-state index in [1.165, 1.54) is 5.56 Å². The molecule has 1 fully saturated rings. The van der Waals surface area contributed by atoms with Gasteiger partial charge in [0.25, 0.3) is 0 Å². The van der Waals surface area contributed by atoms with Crippen molar-refractivity contribution in [3.05, 3.63) is 83.3 Å². The molecular weight excluding hydrogens is 336 g/mol.